The molecule has 0 saturated heterocycles. The lowest BCUT2D eigenvalue weighted by atomic mass is 9.91. The predicted octanol–water partition coefficient (Wildman–Crippen LogP) is 3.20. The Morgan fingerprint density at radius 3 is 2.68 bits per heavy atom. The number of benzene rings is 1. The zero-order valence-electron chi connectivity index (χ0n) is 12.6. The first-order valence-electron chi connectivity index (χ1n) is 6.96. The Hall–Kier alpha value is -2.56. The molecule has 2 N–H and O–H groups in total. The van der Waals surface area contributed by atoms with Crippen molar-refractivity contribution in [3.05, 3.63) is 67.2 Å². The Morgan fingerprint density at radius 2 is 2.05 bits per heavy atom. The SMILES string of the molecule is C=CCN(CC=C)C1=N[C@](C)(c2cc(N)ccc2F)C=CO1. The number of aliphatic imine (C=N–C) groups is 1. The summed E-state index contributed by atoms with van der Waals surface area (Å²) in [6.45, 7) is 10.3. The van der Waals surface area contributed by atoms with Crippen LogP contribution in [0.5, 0.6) is 0 Å². The van der Waals surface area contributed by atoms with Crippen LogP contribution in [0, 0.1) is 5.82 Å². The van der Waals surface area contributed by atoms with E-state index in [4.69, 9.17) is 10.5 Å². The fourth-order valence-electron chi connectivity index (χ4n) is 2.26. The number of nitrogen functional groups attached to an aromatic ring is 1. The Bertz CT molecular complexity index is 629. The van der Waals surface area contributed by atoms with E-state index in [1.807, 2.05) is 11.8 Å². The third-order valence-corrected chi connectivity index (χ3v) is 3.40. The number of nitrogens with two attached hydrogens (primary N) is 1. The van der Waals surface area contributed by atoms with E-state index in [0.717, 1.165) is 0 Å². The molecule has 1 aromatic rings. The molecule has 0 radical (unpaired) electrons. The molecule has 1 aliphatic heterocycles. The molecule has 5 heteroatoms. The Labute approximate surface area is 130 Å². The summed E-state index contributed by atoms with van der Waals surface area (Å²) < 4.78 is 19.7. The van der Waals surface area contributed by atoms with E-state index in [-0.39, 0.29) is 5.82 Å². The predicted molar refractivity (Wildman–Crippen MR) is 87.8 cm³/mol. The van der Waals surface area contributed by atoms with Crippen molar-refractivity contribution >= 4 is 11.7 Å². The minimum atomic E-state index is -0.881. The van der Waals surface area contributed by atoms with Gasteiger partial charge in [-0.15, -0.1) is 13.2 Å². The average molecular weight is 301 g/mol. The molecule has 0 amide bonds. The highest BCUT2D eigenvalue weighted by molar-refractivity contribution is 5.76. The van der Waals surface area contributed by atoms with Crippen LogP contribution < -0.4 is 5.73 Å². The molecule has 0 spiro atoms. The number of hydrogen-bond donors (Lipinski definition) is 1. The summed E-state index contributed by atoms with van der Waals surface area (Å²) in [5.74, 6) is -0.356. The van der Waals surface area contributed by atoms with Crippen LogP contribution in [-0.4, -0.2) is 24.0 Å². The summed E-state index contributed by atoms with van der Waals surface area (Å²) in [5, 5.41) is 0. The van der Waals surface area contributed by atoms with Crippen molar-refractivity contribution in [1.29, 1.82) is 0 Å². The van der Waals surface area contributed by atoms with Crippen molar-refractivity contribution in [3.8, 4) is 0 Å². The van der Waals surface area contributed by atoms with E-state index in [1.54, 1.807) is 24.3 Å². The number of amidine groups is 1. The van der Waals surface area contributed by atoms with Gasteiger partial charge in [0.2, 0.25) is 0 Å². The Morgan fingerprint density at radius 1 is 1.36 bits per heavy atom. The summed E-state index contributed by atoms with van der Waals surface area (Å²) in [4.78, 5) is 6.42. The van der Waals surface area contributed by atoms with Crippen LogP contribution in [0.1, 0.15) is 12.5 Å². The Kier molecular flexibility index (Phi) is 4.65. The van der Waals surface area contributed by atoms with Crippen LogP contribution in [0.3, 0.4) is 0 Å². The van der Waals surface area contributed by atoms with Gasteiger partial charge in [0.25, 0.3) is 6.02 Å². The average Bonchev–Trinajstić information content (AvgIpc) is 2.49. The molecule has 116 valence electrons. The lowest BCUT2D eigenvalue weighted by Gasteiger charge is -2.31. The number of ether oxygens (including phenoxy) is 1. The zero-order chi connectivity index (χ0) is 16.2. The quantitative estimate of drug-likeness (QED) is 0.671. The number of nitrogens with zero attached hydrogens (tertiary/aromatic N) is 2. The van der Waals surface area contributed by atoms with Crippen molar-refractivity contribution in [1.82, 2.24) is 4.90 Å². The molecule has 1 aromatic carbocycles. The normalized spacial score (nSPS) is 20.0. The van der Waals surface area contributed by atoms with Gasteiger partial charge in [0, 0.05) is 24.3 Å². The number of anilines is 1. The summed E-state index contributed by atoms with van der Waals surface area (Å²) >= 11 is 0. The van der Waals surface area contributed by atoms with Crippen LogP contribution in [0.15, 0.2) is 60.8 Å². The first-order valence-corrected chi connectivity index (χ1v) is 6.96. The van der Waals surface area contributed by atoms with Crippen LogP contribution >= 0.6 is 0 Å². The van der Waals surface area contributed by atoms with E-state index in [2.05, 4.69) is 18.2 Å². The van der Waals surface area contributed by atoms with Crippen molar-refractivity contribution in [2.45, 2.75) is 12.5 Å². The van der Waals surface area contributed by atoms with Crippen LogP contribution in [0.4, 0.5) is 10.1 Å². The molecule has 0 fully saturated rings. The summed E-state index contributed by atoms with van der Waals surface area (Å²) in [6.07, 6.45) is 6.71. The van der Waals surface area contributed by atoms with Gasteiger partial charge in [0.1, 0.15) is 11.4 Å². The third kappa shape index (κ3) is 3.19. The van der Waals surface area contributed by atoms with Gasteiger partial charge >= 0.3 is 0 Å². The molecule has 1 heterocycles. The van der Waals surface area contributed by atoms with Crippen LogP contribution in [-0.2, 0) is 10.3 Å². The number of rotatable bonds is 5. The van der Waals surface area contributed by atoms with Gasteiger partial charge in [-0.1, -0.05) is 12.2 Å². The monoisotopic (exact) mass is 301 g/mol. The maximum Gasteiger partial charge on any atom is 0.294 e. The molecular weight excluding hydrogens is 281 g/mol. The molecule has 22 heavy (non-hydrogen) atoms. The molecule has 1 aliphatic rings. The molecule has 0 bridgehead atoms. The second-order valence-electron chi connectivity index (χ2n) is 5.18. The standard InChI is InChI=1S/C17H20FN3O/c1-4-9-21(10-5-2)16-20-17(3,8-11-22-16)14-12-13(19)6-7-15(14)18/h4-8,11-12H,1-2,9-10,19H2,3H3/t17-/m0/s1. The summed E-state index contributed by atoms with van der Waals surface area (Å²) in [6, 6.07) is 4.86. The lowest BCUT2D eigenvalue weighted by Crippen LogP contribution is -2.37. The first kappa shape index (κ1) is 15.8. The van der Waals surface area contributed by atoms with Gasteiger partial charge in [0.05, 0.1) is 6.26 Å². The Balaban J connectivity index is 2.43. The van der Waals surface area contributed by atoms with E-state index < -0.39 is 5.54 Å². The number of halogens is 1. The van der Waals surface area contributed by atoms with Gasteiger partial charge in [-0.25, -0.2) is 9.38 Å². The van der Waals surface area contributed by atoms with Crippen molar-refractivity contribution in [2.24, 2.45) is 4.99 Å². The second-order valence-corrected chi connectivity index (χ2v) is 5.18. The highest BCUT2D eigenvalue weighted by Crippen LogP contribution is 2.33. The highest BCUT2D eigenvalue weighted by atomic mass is 19.1. The second kappa shape index (κ2) is 6.47. The molecule has 0 saturated carbocycles. The largest absolute Gasteiger partial charge is 0.434 e. The van der Waals surface area contributed by atoms with E-state index >= 15 is 0 Å². The molecule has 0 unspecified atom stereocenters. The van der Waals surface area contributed by atoms with E-state index in [9.17, 15) is 4.39 Å². The maximum absolute atomic E-state index is 14.2. The highest BCUT2D eigenvalue weighted by Gasteiger charge is 2.31. The molecule has 1 atom stereocenters. The van der Waals surface area contributed by atoms with Gasteiger partial charge in [-0.3, -0.25) is 0 Å². The van der Waals surface area contributed by atoms with Gasteiger partial charge in [0.15, 0.2) is 0 Å². The molecule has 2 rings (SSSR count). The minimum absolute atomic E-state index is 0.356. The van der Waals surface area contributed by atoms with Gasteiger partial charge in [-0.05, 0) is 31.2 Å². The lowest BCUT2D eigenvalue weighted by molar-refractivity contribution is 0.318. The smallest absolute Gasteiger partial charge is 0.294 e. The van der Waals surface area contributed by atoms with Crippen molar-refractivity contribution in [2.75, 3.05) is 18.8 Å². The molecule has 0 aliphatic carbocycles. The van der Waals surface area contributed by atoms with Crippen LogP contribution in [0.2, 0.25) is 0 Å². The van der Waals surface area contributed by atoms with Crippen LogP contribution in [0.25, 0.3) is 0 Å². The molecular formula is C17H20FN3O. The minimum Gasteiger partial charge on any atom is -0.434 e. The summed E-state index contributed by atoms with van der Waals surface area (Å²) in [5.41, 5.74) is 5.79. The zero-order valence-corrected chi connectivity index (χ0v) is 12.6. The van der Waals surface area contributed by atoms with Gasteiger partial charge < -0.3 is 15.4 Å². The van der Waals surface area contributed by atoms with Crippen molar-refractivity contribution in [3.63, 3.8) is 0 Å². The fourth-order valence-corrected chi connectivity index (χ4v) is 2.26. The fraction of sp³-hybridized carbons (Fsp3) is 0.235. The molecule has 0 aromatic heterocycles. The number of hydrogen-bond acceptors (Lipinski definition) is 4. The summed E-state index contributed by atoms with van der Waals surface area (Å²) in [7, 11) is 0. The first-order chi connectivity index (χ1) is 10.5. The topological polar surface area (TPSA) is 50.8 Å². The molecule has 4 nitrogen and oxygen atoms in total. The van der Waals surface area contributed by atoms with E-state index in [1.165, 1.54) is 18.4 Å². The third-order valence-electron chi connectivity index (χ3n) is 3.40. The van der Waals surface area contributed by atoms with E-state index in [0.29, 0.717) is 30.4 Å². The van der Waals surface area contributed by atoms with Gasteiger partial charge in [-0.2, -0.15) is 0 Å². The van der Waals surface area contributed by atoms with Crippen molar-refractivity contribution < 1.29 is 9.13 Å². The maximum atomic E-state index is 14.2.